The summed E-state index contributed by atoms with van der Waals surface area (Å²) in [5.41, 5.74) is 0.522. The van der Waals surface area contributed by atoms with Gasteiger partial charge in [0.25, 0.3) is 0 Å². The lowest BCUT2D eigenvalue weighted by Gasteiger charge is -2.29. The minimum Gasteiger partial charge on any atom is -0.453 e. The van der Waals surface area contributed by atoms with Gasteiger partial charge in [0.2, 0.25) is 0 Å². The number of rotatable bonds is 6. The lowest BCUT2D eigenvalue weighted by Crippen LogP contribution is -2.16. The van der Waals surface area contributed by atoms with Crippen LogP contribution >= 0.6 is 0 Å². The van der Waals surface area contributed by atoms with Crippen molar-refractivity contribution in [3.05, 3.63) is 83.2 Å². The zero-order valence-electron chi connectivity index (χ0n) is 18.3. The molecule has 3 aromatic rings. The highest BCUT2D eigenvalue weighted by atomic mass is 19.2. The molecule has 0 bridgehead atoms. The molecule has 0 unspecified atom stereocenters. The Morgan fingerprint density at radius 1 is 0.794 bits per heavy atom. The third-order valence-electron chi connectivity index (χ3n) is 6.42. The van der Waals surface area contributed by atoms with E-state index < -0.39 is 34.8 Å². The molecule has 0 spiro atoms. The van der Waals surface area contributed by atoms with Crippen molar-refractivity contribution in [3.8, 4) is 22.6 Å². The van der Waals surface area contributed by atoms with E-state index in [-0.39, 0.29) is 30.2 Å². The molecule has 1 nitrogen and oxygen atoms in total. The highest BCUT2D eigenvalue weighted by molar-refractivity contribution is 5.72. The molecule has 0 atom stereocenters. The Balaban J connectivity index is 0.00000324. The van der Waals surface area contributed by atoms with E-state index in [4.69, 9.17) is 4.74 Å². The number of ether oxygens (including phenoxy) is 1. The molecule has 0 heterocycles. The Morgan fingerprint density at radius 3 is 2.00 bits per heavy atom. The van der Waals surface area contributed by atoms with Gasteiger partial charge in [0.15, 0.2) is 29.0 Å². The number of halogens is 5. The molecule has 4 rings (SSSR count). The summed E-state index contributed by atoms with van der Waals surface area (Å²) in [5.74, 6) is -6.62. The number of benzene rings is 3. The highest BCUT2D eigenvalue weighted by Crippen LogP contribution is 2.45. The van der Waals surface area contributed by atoms with E-state index in [1.807, 2.05) is 0 Å². The van der Waals surface area contributed by atoms with E-state index in [0.717, 1.165) is 25.7 Å². The minimum atomic E-state index is -1.64. The molecule has 1 fully saturated rings. The molecule has 182 valence electrons. The van der Waals surface area contributed by atoms with Crippen LogP contribution < -0.4 is 4.74 Å². The van der Waals surface area contributed by atoms with Gasteiger partial charge in [0.1, 0.15) is 11.6 Å². The standard InChI is InChI=1S/C27H25F5O.CH4/c1-2-6-16-9-11-18(12-10-16)24-21(28)15-20(17-7-4-3-5-8-17)27(26(24)32)33-19-13-22(29)25(31)23(30)14-19;/h3-5,7-8,13-16,18H,2,6,9-12H2,1H3;1H4. The van der Waals surface area contributed by atoms with Gasteiger partial charge in [0, 0.05) is 23.3 Å². The van der Waals surface area contributed by atoms with Crippen molar-refractivity contribution in [2.45, 2.75) is 58.8 Å². The van der Waals surface area contributed by atoms with Crippen LogP contribution in [0.25, 0.3) is 11.1 Å². The minimum absolute atomic E-state index is 0. The molecule has 0 aromatic heterocycles. The van der Waals surface area contributed by atoms with Crippen LogP contribution in [-0.4, -0.2) is 0 Å². The van der Waals surface area contributed by atoms with Crippen molar-refractivity contribution in [1.82, 2.24) is 0 Å². The Hall–Kier alpha value is -2.89. The van der Waals surface area contributed by atoms with E-state index in [9.17, 15) is 13.2 Å². The van der Waals surface area contributed by atoms with Crippen molar-refractivity contribution in [1.29, 1.82) is 0 Å². The zero-order valence-corrected chi connectivity index (χ0v) is 18.3. The lowest BCUT2D eigenvalue weighted by atomic mass is 9.76. The van der Waals surface area contributed by atoms with Gasteiger partial charge >= 0.3 is 0 Å². The molecule has 0 saturated heterocycles. The molecule has 6 heteroatoms. The monoisotopic (exact) mass is 476 g/mol. The third kappa shape index (κ3) is 5.26. The van der Waals surface area contributed by atoms with Crippen molar-refractivity contribution < 1.29 is 26.7 Å². The van der Waals surface area contributed by atoms with Crippen LogP contribution in [0, 0.1) is 35.0 Å². The molecular weight excluding hydrogens is 447 g/mol. The van der Waals surface area contributed by atoms with Gasteiger partial charge in [0.05, 0.1) is 0 Å². The largest absolute Gasteiger partial charge is 0.453 e. The van der Waals surface area contributed by atoms with Crippen LogP contribution in [0.4, 0.5) is 22.0 Å². The summed E-state index contributed by atoms with van der Waals surface area (Å²) in [4.78, 5) is 0. The fourth-order valence-electron chi connectivity index (χ4n) is 4.78. The molecule has 0 aliphatic heterocycles. The molecule has 1 aliphatic carbocycles. The van der Waals surface area contributed by atoms with E-state index >= 15 is 8.78 Å². The predicted molar refractivity (Wildman–Crippen MR) is 125 cm³/mol. The van der Waals surface area contributed by atoms with Gasteiger partial charge in [-0.3, -0.25) is 0 Å². The summed E-state index contributed by atoms with van der Waals surface area (Å²) < 4.78 is 77.6. The SMILES string of the molecule is C.CCCC1CCC(c2c(F)cc(-c3ccccc3)c(Oc3cc(F)c(F)c(F)c3)c2F)CC1. The summed E-state index contributed by atoms with van der Waals surface area (Å²) in [6, 6.07) is 11.0. The first-order chi connectivity index (χ1) is 15.9. The number of hydrogen-bond donors (Lipinski definition) is 0. The van der Waals surface area contributed by atoms with Gasteiger partial charge in [-0.25, -0.2) is 22.0 Å². The quantitative estimate of drug-likeness (QED) is 0.254. The van der Waals surface area contributed by atoms with E-state index in [1.54, 1.807) is 30.3 Å². The van der Waals surface area contributed by atoms with Crippen molar-refractivity contribution in [2.75, 3.05) is 0 Å². The average molecular weight is 477 g/mol. The summed E-state index contributed by atoms with van der Waals surface area (Å²) in [6.07, 6.45) is 5.27. The van der Waals surface area contributed by atoms with Crippen molar-refractivity contribution in [2.24, 2.45) is 5.92 Å². The molecule has 0 amide bonds. The van der Waals surface area contributed by atoms with Crippen molar-refractivity contribution >= 4 is 0 Å². The highest BCUT2D eigenvalue weighted by Gasteiger charge is 2.30. The average Bonchev–Trinajstić information content (AvgIpc) is 2.81. The number of hydrogen-bond acceptors (Lipinski definition) is 1. The predicted octanol–water partition coefficient (Wildman–Crippen LogP) is 9.55. The van der Waals surface area contributed by atoms with Crippen LogP contribution in [0.5, 0.6) is 11.5 Å². The topological polar surface area (TPSA) is 9.23 Å². The van der Waals surface area contributed by atoms with Crippen LogP contribution in [0.3, 0.4) is 0 Å². The normalized spacial score (nSPS) is 17.8. The summed E-state index contributed by atoms with van der Waals surface area (Å²) in [6.45, 7) is 2.12. The van der Waals surface area contributed by atoms with Gasteiger partial charge in [-0.05, 0) is 49.1 Å². The summed E-state index contributed by atoms with van der Waals surface area (Å²) >= 11 is 0. The van der Waals surface area contributed by atoms with Crippen LogP contribution in [-0.2, 0) is 0 Å². The van der Waals surface area contributed by atoms with Gasteiger partial charge in [-0.1, -0.05) is 57.5 Å². The molecular formula is C28H29F5O. The van der Waals surface area contributed by atoms with Gasteiger partial charge < -0.3 is 4.74 Å². The Morgan fingerprint density at radius 2 is 1.41 bits per heavy atom. The first-order valence-corrected chi connectivity index (χ1v) is 11.3. The van der Waals surface area contributed by atoms with Crippen LogP contribution in [0.2, 0.25) is 0 Å². The maximum Gasteiger partial charge on any atom is 0.194 e. The van der Waals surface area contributed by atoms with E-state index in [1.165, 1.54) is 6.07 Å². The van der Waals surface area contributed by atoms with Crippen molar-refractivity contribution in [3.63, 3.8) is 0 Å². The second-order valence-electron chi connectivity index (χ2n) is 8.64. The third-order valence-corrected chi connectivity index (χ3v) is 6.42. The molecule has 3 aromatic carbocycles. The van der Waals surface area contributed by atoms with E-state index in [0.29, 0.717) is 36.5 Å². The van der Waals surface area contributed by atoms with Crippen LogP contribution in [0.15, 0.2) is 48.5 Å². The second kappa shape index (κ2) is 11.0. The van der Waals surface area contributed by atoms with E-state index in [2.05, 4.69) is 6.92 Å². The van der Waals surface area contributed by atoms with Gasteiger partial charge in [-0.15, -0.1) is 0 Å². The summed E-state index contributed by atoms with van der Waals surface area (Å²) in [5, 5.41) is 0. The zero-order chi connectivity index (χ0) is 23.5. The smallest absolute Gasteiger partial charge is 0.194 e. The fourth-order valence-corrected chi connectivity index (χ4v) is 4.78. The summed E-state index contributed by atoms with van der Waals surface area (Å²) in [7, 11) is 0. The first kappa shape index (κ1) is 25.7. The molecule has 1 saturated carbocycles. The lowest BCUT2D eigenvalue weighted by molar-refractivity contribution is 0.298. The first-order valence-electron chi connectivity index (χ1n) is 11.3. The molecule has 34 heavy (non-hydrogen) atoms. The molecule has 0 radical (unpaired) electrons. The second-order valence-corrected chi connectivity index (χ2v) is 8.64. The maximum atomic E-state index is 15.8. The molecule has 0 N–H and O–H groups in total. The fraction of sp³-hybridized carbons (Fsp3) is 0.357. The Labute approximate surface area is 197 Å². The van der Waals surface area contributed by atoms with Crippen LogP contribution in [0.1, 0.15) is 64.4 Å². The maximum absolute atomic E-state index is 15.8. The molecule has 1 aliphatic rings. The van der Waals surface area contributed by atoms with Gasteiger partial charge in [-0.2, -0.15) is 0 Å². The Bertz CT molecular complexity index is 1100. The Kier molecular flexibility index (Phi) is 8.34.